The summed E-state index contributed by atoms with van der Waals surface area (Å²) in [6.45, 7) is 7.59. The molecule has 3 rings (SSSR count). The molecule has 2 N–H and O–H groups in total. The molecular formula is C18H26FN3S. The van der Waals surface area contributed by atoms with E-state index in [2.05, 4.69) is 22.1 Å². The quantitative estimate of drug-likeness (QED) is 0.905. The molecule has 0 radical (unpaired) electrons. The average molecular weight is 335 g/mol. The lowest BCUT2D eigenvalue weighted by molar-refractivity contribution is 0.284. The Hall–Kier alpha value is -1.17. The molecule has 0 saturated carbocycles. The van der Waals surface area contributed by atoms with Gasteiger partial charge < -0.3 is 15.5 Å². The van der Waals surface area contributed by atoms with Crippen molar-refractivity contribution in [1.82, 2.24) is 4.90 Å². The van der Waals surface area contributed by atoms with Gasteiger partial charge in [-0.3, -0.25) is 0 Å². The monoisotopic (exact) mass is 335 g/mol. The molecule has 1 saturated heterocycles. The molecule has 126 valence electrons. The predicted octanol–water partition coefficient (Wildman–Crippen LogP) is 3.68. The molecule has 1 aliphatic heterocycles. The van der Waals surface area contributed by atoms with E-state index in [1.54, 1.807) is 23.5 Å². The summed E-state index contributed by atoms with van der Waals surface area (Å²) in [6.07, 6.45) is 3.45. The van der Waals surface area contributed by atoms with Crippen molar-refractivity contribution in [2.24, 2.45) is 5.73 Å². The number of nitrogens with two attached hydrogens (primary N) is 1. The Morgan fingerprint density at radius 1 is 1.26 bits per heavy atom. The van der Waals surface area contributed by atoms with Crippen LogP contribution in [0.3, 0.4) is 0 Å². The highest BCUT2D eigenvalue weighted by Gasteiger charge is 2.17. The van der Waals surface area contributed by atoms with E-state index in [-0.39, 0.29) is 5.82 Å². The molecule has 0 spiro atoms. The van der Waals surface area contributed by atoms with E-state index >= 15 is 0 Å². The van der Waals surface area contributed by atoms with E-state index in [4.69, 9.17) is 5.73 Å². The number of benzene rings is 1. The van der Waals surface area contributed by atoms with Gasteiger partial charge in [0, 0.05) is 41.1 Å². The maximum atomic E-state index is 13.4. The van der Waals surface area contributed by atoms with Gasteiger partial charge in [0.15, 0.2) is 0 Å². The van der Waals surface area contributed by atoms with Gasteiger partial charge in [-0.1, -0.05) is 0 Å². The molecular weight excluding hydrogens is 309 g/mol. The lowest BCUT2D eigenvalue weighted by atomic mass is 10.2. The van der Waals surface area contributed by atoms with E-state index in [9.17, 15) is 4.39 Å². The topological polar surface area (TPSA) is 32.5 Å². The summed E-state index contributed by atoms with van der Waals surface area (Å²) in [4.78, 5) is 5.01. The van der Waals surface area contributed by atoms with Crippen molar-refractivity contribution in [3.05, 3.63) is 29.4 Å². The Balaban J connectivity index is 1.63. The molecule has 1 unspecified atom stereocenters. The SMILES string of the molecule is CC(N)CCCN1CCCN(c2csc3cc(F)ccc23)CC1. The van der Waals surface area contributed by atoms with Crippen LogP contribution in [0.25, 0.3) is 10.1 Å². The number of thiophene rings is 1. The highest BCUT2D eigenvalue weighted by molar-refractivity contribution is 7.17. The van der Waals surface area contributed by atoms with E-state index in [0.717, 1.165) is 43.8 Å². The first-order chi connectivity index (χ1) is 11.1. The van der Waals surface area contributed by atoms with Crippen LogP contribution in [-0.2, 0) is 0 Å². The lowest BCUT2D eigenvalue weighted by Crippen LogP contribution is -2.31. The molecule has 1 aromatic heterocycles. The summed E-state index contributed by atoms with van der Waals surface area (Å²) in [5, 5.41) is 3.36. The third kappa shape index (κ3) is 4.22. The number of anilines is 1. The fourth-order valence-corrected chi connectivity index (χ4v) is 4.30. The Morgan fingerprint density at radius 2 is 2.13 bits per heavy atom. The van der Waals surface area contributed by atoms with E-state index < -0.39 is 0 Å². The number of hydrogen-bond acceptors (Lipinski definition) is 4. The molecule has 0 bridgehead atoms. The van der Waals surface area contributed by atoms with Gasteiger partial charge in [-0.15, -0.1) is 11.3 Å². The van der Waals surface area contributed by atoms with Crippen LogP contribution in [0.1, 0.15) is 26.2 Å². The molecule has 3 nitrogen and oxygen atoms in total. The largest absolute Gasteiger partial charge is 0.369 e. The first-order valence-corrected chi connectivity index (χ1v) is 9.41. The minimum atomic E-state index is -0.151. The standard InChI is InChI=1S/C18H26FN3S/c1-14(20)4-2-7-21-8-3-9-22(11-10-21)17-13-23-18-12-15(19)5-6-16(17)18/h5-6,12-14H,2-4,7-11,20H2,1H3. The molecule has 2 aromatic rings. The summed E-state index contributed by atoms with van der Waals surface area (Å²) in [5.74, 6) is -0.151. The first-order valence-electron chi connectivity index (χ1n) is 8.53. The number of nitrogens with zero attached hydrogens (tertiary/aromatic N) is 2. The molecule has 1 fully saturated rings. The third-order valence-electron chi connectivity index (χ3n) is 4.58. The molecule has 0 amide bonds. The number of fused-ring (bicyclic) bond motifs is 1. The third-order valence-corrected chi connectivity index (χ3v) is 5.51. The summed E-state index contributed by atoms with van der Waals surface area (Å²) in [5.41, 5.74) is 7.10. The van der Waals surface area contributed by atoms with Crippen molar-refractivity contribution in [2.75, 3.05) is 37.6 Å². The van der Waals surface area contributed by atoms with Gasteiger partial charge in [0.2, 0.25) is 0 Å². The molecule has 5 heteroatoms. The molecule has 1 aliphatic rings. The molecule has 1 aromatic carbocycles. The fraction of sp³-hybridized carbons (Fsp3) is 0.556. The van der Waals surface area contributed by atoms with Crippen molar-refractivity contribution < 1.29 is 4.39 Å². The van der Waals surface area contributed by atoms with E-state index in [1.807, 2.05) is 6.07 Å². The van der Waals surface area contributed by atoms with Gasteiger partial charge >= 0.3 is 0 Å². The number of halogens is 1. The molecule has 2 heterocycles. The zero-order valence-electron chi connectivity index (χ0n) is 13.8. The maximum Gasteiger partial charge on any atom is 0.124 e. The van der Waals surface area contributed by atoms with Crippen molar-refractivity contribution in [2.45, 2.75) is 32.2 Å². The van der Waals surface area contributed by atoms with Crippen molar-refractivity contribution >= 4 is 27.1 Å². The van der Waals surface area contributed by atoms with E-state index in [0.29, 0.717) is 6.04 Å². The van der Waals surface area contributed by atoms with Gasteiger partial charge in [-0.05, 0) is 57.5 Å². The highest BCUT2D eigenvalue weighted by Crippen LogP contribution is 2.33. The van der Waals surface area contributed by atoms with Crippen molar-refractivity contribution in [3.63, 3.8) is 0 Å². The van der Waals surface area contributed by atoms with Crippen LogP contribution >= 0.6 is 11.3 Å². The summed E-state index contributed by atoms with van der Waals surface area (Å²) < 4.78 is 14.4. The number of rotatable bonds is 5. The Kier molecular flexibility index (Phi) is 5.51. The smallest absolute Gasteiger partial charge is 0.124 e. The van der Waals surface area contributed by atoms with Gasteiger partial charge in [0.25, 0.3) is 0 Å². The first kappa shape index (κ1) is 16.7. The van der Waals surface area contributed by atoms with Gasteiger partial charge in [0.05, 0.1) is 5.69 Å². The van der Waals surface area contributed by atoms with Crippen LogP contribution < -0.4 is 10.6 Å². The highest BCUT2D eigenvalue weighted by atomic mass is 32.1. The zero-order valence-corrected chi connectivity index (χ0v) is 14.6. The molecule has 0 aliphatic carbocycles. The average Bonchev–Trinajstić information content (AvgIpc) is 2.77. The Morgan fingerprint density at radius 3 is 2.96 bits per heavy atom. The maximum absolute atomic E-state index is 13.4. The lowest BCUT2D eigenvalue weighted by Gasteiger charge is -2.23. The minimum absolute atomic E-state index is 0.151. The van der Waals surface area contributed by atoms with E-state index in [1.165, 1.54) is 23.9 Å². The van der Waals surface area contributed by atoms with Crippen LogP contribution in [0.2, 0.25) is 0 Å². The second-order valence-electron chi connectivity index (χ2n) is 6.56. The summed E-state index contributed by atoms with van der Waals surface area (Å²) in [7, 11) is 0. The zero-order chi connectivity index (χ0) is 16.2. The Bertz CT molecular complexity index is 640. The molecule has 23 heavy (non-hydrogen) atoms. The van der Waals surface area contributed by atoms with Crippen LogP contribution in [0.4, 0.5) is 10.1 Å². The van der Waals surface area contributed by atoms with Crippen LogP contribution in [0, 0.1) is 5.82 Å². The second-order valence-corrected chi connectivity index (χ2v) is 7.47. The predicted molar refractivity (Wildman–Crippen MR) is 97.9 cm³/mol. The Labute approximate surface area is 141 Å². The normalized spacial score (nSPS) is 18.3. The van der Waals surface area contributed by atoms with Crippen molar-refractivity contribution in [1.29, 1.82) is 0 Å². The van der Waals surface area contributed by atoms with Gasteiger partial charge in [0.1, 0.15) is 5.82 Å². The summed E-state index contributed by atoms with van der Waals surface area (Å²) in [6, 6.07) is 5.43. The molecule has 1 atom stereocenters. The van der Waals surface area contributed by atoms with Gasteiger partial charge in [-0.2, -0.15) is 0 Å². The van der Waals surface area contributed by atoms with Crippen LogP contribution in [0.5, 0.6) is 0 Å². The second kappa shape index (κ2) is 7.60. The van der Waals surface area contributed by atoms with Gasteiger partial charge in [-0.25, -0.2) is 4.39 Å². The van der Waals surface area contributed by atoms with Crippen LogP contribution in [-0.4, -0.2) is 43.7 Å². The minimum Gasteiger partial charge on any atom is -0.369 e. The van der Waals surface area contributed by atoms with Crippen molar-refractivity contribution in [3.8, 4) is 0 Å². The fourth-order valence-electron chi connectivity index (χ4n) is 3.31. The van der Waals surface area contributed by atoms with Crippen LogP contribution in [0.15, 0.2) is 23.6 Å². The summed E-state index contributed by atoms with van der Waals surface area (Å²) >= 11 is 1.64. The number of hydrogen-bond donors (Lipinski definition) is 1.